The number of aromatic nitrogens is 2. The molecule has 0 atom stereocenters. The minimum Gasteiger partial charge on any atom is -0.382 e. The molecule has 0 amide bonds. The molecule has 0 bridgehead atoms. The van der Waals surface area contributed by atoms with Crippen molar-refractivity contribution in [2.24, 2.45) is 0 Å². The number of nitrogen functional groups attached to an aromatic ring is 1. The number of nitrogens with two attached hydrogens (primary N) is 1. The zero-order valence-corrected chi connectivity index (χ0v) is 12.9. The second kappa shape index (κ2) is 5.33. The molecule has 1 aromatic heterocycles. The molecular formula is C16H13BrFN3. The van der Waals surface area contributed by atoms with Crippen LogP contribution < -0.4 is 5.73 Å². The first-order valence-electron chi connectivity index (χ1n) is 6.43. The third-order valence-electron chi connectivity index (χ3n) is 3.40. The summed E-state index contributed by atoms with van der Waals surface area (Å²) in [5.41, 5.74) is 9.70. The summed E-state index contributed by atoms with van der Waals surface area (Å²) in [5, 5.41) is 6.97. The molecule has 0 spiro atoms. The first-order valence-corrected chi connectivity index (χ1v) is 7.22. The van der Waals surface area contributed by atoms with Crippen molar-refractivity contribution in [3.05, 3.63) is 58.3 Å². The smallest absolute Gasteiger partial charge is 0.153 e. The Morgan fingerprint density at radius 1 is 1.19 bits per heavy atom. The number of aromatic amines is 1. The summed E-state index contributed by atoms with van der Waals surface area (Å²) in [4.78, 5) is 0. The van der Waals surface area contributed by atoms with Gasteiger partial charge in [-0.15, -0.1) is 0 Å². The molecule has 0 unspecified atom stereocenters. The second-order valence-electron chi connectivity index (χ2n) is 4.80. The lowest BCUT2D eigenvalue weighted by molar-refractivity contribution is 0.619. The van der Waals surface area contributed by atoms with Crippen molar-refractivity contribution in [2.45, 2.75) is 6.92 Å². The largest absolute Gasteiger partial charge is 0.382 e. The van der Waals surface area contributed by atoms with Gasteiger partial charge in [0.1, 0.15) is 5.82 Å². The molecule has 5 heteroatoms. The van der Waals surface area contributed by atoms with Crippen LogP contribution in [-0.2, 0) is 0 Å². The van der Waals surface area contributed by atoms with Crippen LogP contribution in [0.2, 0.25) is 0 Å². The van der Waals surface area contributed by atoms with Crippen LogP contribution in [0, 0.1) is 12.7 Å². The topological polar surface area (TPSA) is 54.7 Å². The Morgan fingerprint density at radius 3 is 2.67 bits per heavy atom. The van der Waals surface area contributed by atoms with Crippen LogP contribution in [0.1, 0.15) is 5.56 Å². The molecule has 1 heterocycles. The van der Waals surface area contributed by atoms with Gasteiger partial charge in [0.05, 0.1) is 11.3 Å². The minimum atomic E-state index is -0.251. The predicted molar refractivity (Wildman–Crippen MR) is 86.3 cm³/mol. The van der Waals surface area contributed by atoms with Gasteiger partial charge in [-0.1, -0.05) is 46.3 Å². The van der Waals surface area contributed by atoms with E-state index in [2.05, 4.69) is 26.1 Å². The SMILES string of the molecule is Cc1ccc(-c2[nH]nc(N)c2-c2ccccc2Br)cc1F. The van der Waals surface area contributed by atoms with Gasteiger partial charge in [0, 0.05) is 15.6 Å². The maximum atomic E-state index is 13.8. The number of benzene rings is 2. The highest BCUT2D eigenvalue weighted by molar-refractivity contribution is 9.10. The van der Waals surface area contributed by atoms with E-state index < -0.39 is 0 Å². The standard InChI is InChI=1S/C16H13BrFN3/c1-9-6-7-10(8-13(9)18)15-14(16(19)21-20-15)11-4-2-3-5-12(11)17/h2-8H,1H3,(H3,19,20,21). The number of hydrogen-bond donors (Lipinski definition) is 2. The van der Waals surface area contributed by atoms with E-state index in [9.17, 15) is 4.39 Å². The summed E-state index contributed by atoms with van der Waals surface area (Å²) in [6.07, 6.45) is 0. The third kappa shape index (κ3) is 2.45. The molecule has 3 N–H and O–H groups in total. The lowest BCUT2D eigenvalue weighted by atomic mass is 10.00. The van der Waals surface area contributed by atoms with Gasteiger partial charge >= 0.3 is 0 Å². The van der Waals surface area contributed by atoms with E-state index in [0.717, 1.165) is 15.6 Å². The molecule has 2 aromatic carbocycles. The summed E-state index contributed by atoms with van der Waals surface area (Å²) in [6, 6.07) is 12.8. The lowest BCUT2D eigenvalue weighted by Gasteiger charge is -2.07. The lowest BCUT2D eigenvalue weighted by Crippen LogP contribution is -1.90. The number of nitrogens with one attached hydrogen (secondary N) is 1. The van der Waals surface area contributed by atoms with Crippen molar-refractivity contribution < 1.29 is 4.39 Å². The van der Waals surface area contributed by atoms with E-state index in [1.54, 1.807) is 13.0 Å². The second-order valence-corrected chi connectivity index (χ2v) is 5.66. The molecule has 106 valence electrons. The Hall–Kier alpha value is -2.14. The van der Waals surface area contributed by atoms with Crippen LogP contribution in [0.25, 0.3) is 22.4 Å². The van der Waals surface area contributed by atoms with Gasteiger partial charge in [-0.2, -0.15) is 5.10 Å². The predicted octanol–water partition coefficient (Wildman–Crippen LogP) is 4.54. The number of nitrogens with zero attached hydrogens (tertiary/aromatic N) is 1. The molecule has 0 saturated carbocycles. The fraction of sp³-hybridized carbons (Fsp3) is 0.0625. The fourth-order valence-corrected chi connectivity index (χ4v) is 2.73. The normalized spacial score (nSPS) is 10.8. The average Bonchev–Trinajstić information content (AvgIpc) is 2.84. The van der Waals surface area contributed by atoms with Crippen LogP contribution in [0.15, 0.2) is 46.9 Å². The van der Waals surface area contributed by atoms with E-state index in [4.69, 9.17) is 5.73 Å². The Kier molecular flexibility index (Phi) is 3.51. The zero-order chi connectivity index (χ0) is 15.0. The highest BCUT2D eigenvalue weighted by Gasteiger charge is 2.17. The fourth-order valence-electron chi connectivity index (χ4n) is 2.25. The first kappa shape index (κ1) is 13.8. The summed E-state index contributed by atoms with van der Waals surface area (Å²) >= 11 is 3.51. The summed E-state index contributed by atoms with van der Waals surface area (Å²) in [7, 11) is 0. The summed E-state index contributed by atoms with van der Waals surface area (Å²) < 4.78 is 14.7. The highest BCUT2D eigenvalue weighted by atomic mass is 79.9. The molecule has 0 radical (unpaired) electrons. The number of halogens is 2. The van der Waals surface area contributed by atoms with E-state index in [1.165, 1.54) is 6.07 Å². The Labute approximate surface area is 130 Å². The first-order chi connectivity index (χ1) is 10.1. The molecule has 0 aliphatic heterocycles. The van der Waals surface area contributed by atoms with Crippen molar-refractivity contribution in [2.75, 3.05) is 5.73 Å². The monoisotopic (exact) mass is 345 g/mol. The number of anilines is 1. The van der Waals surface area contributed by atoms with Crippen molar-refractivity contribution in [3.63, 3.8) is 0 Å². The van der Waals surface area contributed by atoms with Crippen LogP contribution in [0.5, 0.6) is 0 Å². The Bertz CT molecular complexity index is 811. The van der Waals surface area contributed by atoms with Gasteiger partial charge in [0.15, 0.2) is 5.82 Å². The number of hydrogen-bond acceptors (Lipinski definition) is 2. The Balaban J connectivity index is 2.22. The maximum absolute atomic E-state index is 13.8. The van der Waals surface area contributed by atoms with Crippen molar-refractivity contribution >= 4 is 21.7 Å². The van der Waals surface area contributed by atoms with Crippen LogP contribution >= 0.6 is 15.9 Å². The van der Waals surface area contributed by atoms with Crippen molar-refractivity contribution in [3.8, 4) is 22.4 Å². The zero-order valence-electron chi connectivity index (χ0n) is 11.3. The van der Waals surface area contributed by atoms with E-state index in [-0.39, 0.29) is 5.82 Å². The van der Waals surface area contributed by atoms with E-state index >= 15 is 0 Å². The molecule has 0 aliphatic rings. The van der Waals surface area contributed by atoms with Gasteiger partial charge in [-0.3, -0.25) is 5.10 Å². The number of H-pyrrole nitrogens is 1. The van der Waals surface area contributed by atoms with Gasteiger partial charge in [-0.05, 0) is 24.6 Å². The number of aryl methyl sites for hydroxylation is 1. The molecule has 21 heavy (non-hydrogen) atoms. The van der Waals surface area contributed by atoms with Gasteiger partial charge in [-0.25, -0.2) is 4.39 Å². The molecule has 3 aromatic rings. The summed E-state index contributed by atoms with van der Waals surface area (Å²) in [6.45, 7) is 1.73. The van der Waals surface area contributed by atoms with Crippen molar-refractivity contribution in [1.82, 2.24) is 10.2 Å². The van der Waals surface area contributed by atoms with Crippen LogP contribution in [0.3, 0.4) is 0 Å². The molecular weight excluding hydrogens is 333 g/mol. The van der Waals surface area contributed by atoms with Gasteiger partial charge in [0.2, 0.25) is 0 Å². The molecule has 3 nitrogen and oxygen atoms in total. The number of rotatable bonds is 2. The summed E-state index contributed by atoms with van der Waals surface area (Å²) in [5.74, 6) is 0.136. The van der Waals surface area contributed by atoms with Crippen LogP contribution in [0.4, 0.5) is 10.2 Å². The Morgan fingerprint density at radius 2 is 1.95 bits per heavy atom. The quantitative estimate of drug-likeness (QED) is 0.716. The molecule has 0 aliphatic carbocycles. The van der Waals surface area contributed by atoms with E-state index in [0.29, 0.717) is 22.6 Å². The van der Waals surface area contributed by atoms with Gasteiger partial charge < -0.3 is 5.73 Å². The molecule has 0 saturated heterocycles. The van der Waals surface area contributed by atoms with Crippen molar-refractivity contribution in [1.29, 1.82) is 0 Å². The van der Waals surface area contributed by atoms with Crippen LogP contribution in [-0.4, -0.2) is 10.2 Å². The average molecular weight is 346 g/mol. The minimum absolute atomic E-state index is 0.251. The van der Waals surface area contributed by atoms with Gasteiger partial charge in [0.25, 0.3) is 0 Å². The third-order valence-corrected chi connectivity index (χ3v) is 4.09. The highest BCUT2D eigenvalue weighted by Crippen LogP contribution is 2.38. The molecule has 0 fully saturated rings. The molecule has 3 rings (SSSR count). The van der Waals surface area contributed by atoms with E-state index in [1.807, 2.05) is 30.3 Å². The maximum Gasteiger partial charge on any atom is 0.153 e.